The fraction of sp³-hybridized carbons (Fsp3) is 0.333. The highest BCUT2D eigenvalue weighted by Crippen LogP contribution is 2.26. The van der Waals surface area contributed by atoms with Crippen LogP contribution in [0.5, 0.6) is 0 Å². The summed E-state index contributed by atoms with van der Waals surface area (Å²) in [5, 5.41) is 3.45. The molecule has 0 saturated carbocycles. The number of carbonyl (C=O) groups excluding carboxylic acids is 2. The number of nitrogens with zero attached hydrogens (tertiary/aromatic N) is 2. The average Bonchev–Trinajstić information content (AvgIpc) is 2.88. The van der Waals surface area contributed by atoms with Gasteiger partial charge in [-0.05, 0) is 88.2 Å². The first kappa shape index (κ1) is 31.1. The highest BCUT2D eigenvalue weighted by Gasteiger charge is 2.34. The van der Waals surface area contributed by atoms with Crippen molar-refractivity contribution in [1.82, 2.24) is 10.2 Å². The van der Waals surface area contributed by atoms with Gasteiger partial charge in [-0.2, -0.15) is 0 Å². The lowest BCUT2D eigenvalue weighted by atomic mass is 10.1. The molecule has 40 heavy (non-hydrogen) atoms. The van der Waals surface area contributed by atoms with E-state index in [1.807, 2.05) is 27.7 Å². The van der Waals surface area contributed by atoms with E-state index in [9.17, 15) is 22.4 Å². The van der Waals surface area contributed by atoms with E-state index in [-0.39, 0.29) is 23.0 Å². The van der Waals surface area contributed by atoms with Crippen molar-refractivity contribution in [2.24, 2.45) is 0 Å². The van der Waals surface area contributed by atoms with E-state index in [1.54, 1.807) is 55.5 Å². The molecule has 0 radical (unpaired) electrons. The summed E-state index contributed by atoms with van der Waals surface area (Å²) in [6, 6.07) is 17.1. The van der Waals surface area contributed by atoms with Crippen LogP contribution in [0.4, 0.5) is 10.1 Å². The predicted molar refractivity (Wildman–Crippen MR) is 156 cm³/mol. The molecule has 1 N–H and O–H groups in total. The van der Waals surface area contributed by atoms with Crippen LogP contribution in [-0.2, 0) is 26.2 Å². The molecule has 7 nitrogen and oxygen atoms in total. The van der Waals surface area contributed by atoms with Crippen LogP contribution < -0.4 is 9.62 Å². The zero-order chi connectivity index (χ0) is 29.7. The summed E-state index contributed by atoms with van der Waals surface area (Å²) in [4.78, 5) is 28.6. The van der Waals surface area contributed by atoms with Crippen molar-refractivity contribution in [1.29, 1.82) is 0 Å². The number of amides is 2. The van der Waals surface area contributed by atoms with Crippen LogP contribution >= 0.6 is 11.6 Å². The van der Waals surface area contributed by atoms with Crippen molar-refractivity contribution in [3.63, 3.8) is 0 Å². The molecule has 0 aliphatic carbocycles. The van der Waals surface area contributed by atoms with Crippen molar-refractivity contribution in [2.45, 2.75) is 64.1 Å². The third kappa shape index (κ3) is 8.05. The van der Waals surface area contributed by atoms with Gasteiger partial charge in [0.15, 0.2) is 0 Å². The minimum atomic E-state index is -4.27. The Balaban J connectivity index is 2.06. The zero-order valence-electron chi connectivity index (χ0n) is 23.3. The molecule has 3 rings (SSSR count). The second-order valence-corrected chi connectivity index (χ2v) is 12.9. The van der Waals surface area contributed by atoms with E-state index < -0.39 is 39.9 Å². The van der Waals surface area contributed by atoms with E-state index in [4.69, 9.17) is 11.6 Å². The van der Waals surface area contributed by atoms with Gasteiger partial charge in [-0.15, -0.1) is 0 Å². The molecule has 0 bridgehead atoms. The molecule has 0 aromatic heterocycles. The summed E-state index contributed by atoms with van der Waals surface area (Å²) in [7, 11) is -4.27. The summed E-state index contributed by atoms with van der Waals surface area (Å²) in [5.41, 5.74) is 1.35. The summed E-state index contributed by atoms with van der Waals surface area (Å²) < 4.78 is 42.2. The Morgan fingerprint density at radius 1 is 0.950 bits per heavy atom. The number of aryl methyl sites for hydroxylation is 1. The van der Waals surface area contributed by atoms with Gasteiger partial charge in [0.2, 0.25) is 11.8 Å². The maximum Gasteiger partial charge on any atom is 0.264 e. The van der Waals surface area contributed by atoms with Gasteiger partial charge in [-0.3, -0.25) is 13.9 Å². The van der Waals surface area contributed by atoms with Crippen LogP contribution in [0.25, 0.3) is 0 Å². The van der Waals surface area contributed by atoms with E-state index in [0.717, 1.165) is 39.7 Å². The molecule has 214 valence electrons. The molecule has 1 atom stereocenters. The first-order valence-corrected chi connectivity index (χ1v) is 14.7. The minimum Gasteiger partial charge on any atom is -0.350 e. The lowest BCUT2D eigenvalue weighted by Gasteiger charge is -2.34. The molecule has 0 aliphatic rings. The molecular formula is C30H35ClFN3O4S. The van der Waals surface area contributed by atoms with Gasteiger partial charge < -0.3 is 10.2 Å². The first-order valence-electron chi connectivity index (χ1n) is 12.9. The lowest BCUT2D eigenvalue weighted by molar-refractivity contribution is -0.141. The molecular weight excluding hydrogens is 553 g/mol. The number of halogens is 2. The van der Waals surface area contributed by atoms with Crippen molar-refractivity contribution in [2.75, 3.05) is 10.8 Å². The Bertz CT molecular complexity index is 1420. The molecule has 3 aromatic carbocycles. The molecule has 3 aromatic rings. The monoisotopic (exact) mass is 587 g/mol. The summed E-state index contributed by atoms with van der Waals surface area (Å²) in [6.07, 6.45) is 0.302. The van der Waals surface area contributed by atoms with Gasteiger partial charge in [0.25, 0.3) is 10.0 Å². The van der Waals surface area contributed by atoms with Crippen LogP contribution in [0.15, 0.2) is 77.7 Å². The second-order valence-electron chi connectivity index (χ2n) is 10.6. The molecule has 0 fully saturated rings. The third-order valence-electron chi connectivity index (χ3n) is 6.15. The van der Waals surface area contributed by atoms with Crippen LogP contribution in [-0.4, -0.2) is 43.3 Å². The van der Waals surface area contributed by atoms with Crippen LogP contribution in [0, 0.1) is 12.7 Å². The number of carbonyl (C=O) groups is 2. The summed E-state index contributed by atoms with van der Waals surface area (Å²) in [6.45, 7) is 8.68. The van der Waals surface area contributed by atoms with Crippen molar-refractivity contribution in [3.8, 4) is 0 Å². The van der Waals surface area contributed by atoms with E-state index in [0.29, 0.717) is 11.4 Å². The maximum atomic E-state index is 14.0. The molecule has 2 amide bonds. The molecule has 0 heterocycles. The molecule has 0 spiro atoms. The Hall–Kier alpha value is -3.43. The highest BCUT2D eigenvalue weighted by molar-refractivity contribution is 7.92. The molecule has 0 aliphatic heterocycles. The Labute approximate surface area is 241 Å². The standard InChI is InChI=1S/C30H35ClFN3O4S/c1-6-27(29(37)33-30(3,4)5)34(19-22-9-11-23(31)12-10-22)28(36)20-35(25-15-7-21(2)8-16-25)40(38,39)26-17-13-24(32)14-18-26/h7-18,27H,6,19-20H2,1-5H3,(H,33,37)/t27-/m1/s1. The normalized spacial score (nSPS) is 12.5. The Morgan fingerprint density at radius 2 is 1.52 bits per heavy atom. The SMILES string of the molecule is CC[C@H](C(=O)NC(C)(C)C)N(Cc1ccc(Cl)cc1)C(=O)CN(c1ccc(C)cc1)S(=O)(=O)c1ccc(F)cc1. The largest absolute Gasteiger partial charge is 0.350 e. The van der Waals surface area contributed by atoms with Gasteiger partial charge >= 0.3 is 0 Å². The van der Waals surface area contributed by atoms with Gasteiger partial charge in [-0.25, -0.2) is 12.8 Å². The number of hydrogen-bond acceptors (Lipinski definition) is 4. The topological polar surface area (TPSA) is 86.8 Å². The van der Waals surface area contributed by atoms with E-state index >= 15 is 0 Å². The van der Waals surface area contributed by atoms with Gasteiger partial charge in [0.05, 0.1) is 10.6 Å². The van der Waals surface area contributed by atoms with Crippen LogP contribution in [0.1, 0.15) is 45.2 Å². The number of anilines is 1. The summed E-state index contributed by atoms with van der Waals surface area (Å²) in [5.74, 6) is -1.50. The van der Waals surface area contributed by atoms with Crippen molar-refractivity contribution >= 4 is 39.1 Å². The summed E-state index contributed by atoms with van der Waals surface area (Å²) >= 11 is 6.05. The number of nitrogens with one attached hydrogen (secondary N) is 1. The molecule has 0 saturated heterocycles. The fourth-order valence-electron chi connectivity index (χ4n) is 4.13. The Kier molecular flexibility index (Phi) is 9.97. The Morgan fingerprint density at radius 3 is 2.05 bits per heavy atom. The number of sulfonamides is 1. The lowest BCUT2D eigenvalue weighted by Crippen LogP contribution is -2.55. The van der Waals surface area contributed by atoms with Gasteiger partial charge in [0, 0.05) is 17.1 Å². The van der Waals surface area contributed by atoms with Crippen LogP contribution in [0.2, 0.25) is 5.02 Å². The number of hydrogen-bond donors (Lipinski definition) is 1. The molecule has 0 unspecified atom stereocenters. The zero-order valence-corrected chi connectivity index (χ0v) is 24.9. The van der Waals surface area contributed by atoms with Crippen molar-refractivity contribution in [3.05, 3.63) is 94.8 Å². The second kappa shape index (κ2) is 12.8. The smallest absolute Gasteiger partial charge is 0.264 e. The third-order valence-corrected chi connectivity index (χ3v) is 8.19. The van der Waals surface area contributed by atoms with E-state index in [1.165, 1.54) is 4.90 Å². The predicted octanol–water partition coefficient (Wildman–Crippen LogP) is 5.70. The maximum absolute atomic E-state index is 14.0. The number of rotatable bonds is 10. The van der Waals surface area contributed by atoms with Crippen molar-refractivity contribution < 1.29 is 22.4 Å². The number of benzene rings is 3. The van der Waals surface area contributed by atoms with Gasteiger partial charge in [0.1, 0.15) is 18.4 Å². The highest BCUT2D eigenvalue weighted by atomic mass is 35.5. The first-order chi connectivity index (χ1) is 18.7. The minimum absolute atomic E-state index is 0.0599. The quantitative estimate of drug-likeness (QED) is 0.329. The van der Waals surface area contributed by atoms with Crippen LogP contribution in [0.3, 0.4) is 0 Å². The van der Waals surface area contributed by atoms with Gasteiger partial charge in [-0.1, -0.05) is 48.4 Å². The average molecular weight is 588 g/mol. The van der Waals surface area contributed by atoms with E-state index in [2.05, 4.69) is 5.32 Å². The fourth-order valence-corrected chi connectivity index (χ4v) is 5.67. The molecule has 10 heteroatoms.